The van der Waals surface area contributed by atoms with Crippen LogP contribution in [0.4, 0.5) is 5.69 Å². The van der Waals surface area contributed by atoms with E-state index in [2.05, 4.69) is 31.4 Å². The lowest BCUT2D eigenvalue weighted by atomic mass is 9.91. The van der Waals surface area contributed by atoms with Crippen LogP contribution < -0.4 is 20.9 Å². The maximum Gasteiger partial charge on any atom is 0.309 e. The fourth-order valence-electron chi connectivity index (χ4n) is 8.88. The summed E-state index contributed by atoms with van der Waals surface area (Å²) < 4.78 is 50.5. The van der Waals surface area contributed by atoms with Gasteiger partial charge >= 0.3 is 5.97 Å². The summed E-state index contributed by atoms with van der Waals surface area (Å²) in [6.07, 6.45) is -13.2. The van der Waals surface area contributed by atoms with E-state index < -0.39 is 78.7 Å². The van der Waals surface area contributed by atoms with Crippen molar-refractivity contribution in [2.45, 2.75) is 145 Å². The van der Waals surface area contributed by atoms with Crippen molar-refractivity contribution in [3.8, 4) is 22.5 Å². The molecule has 3 aromatic rings. The van der Waals surface area contributed by atoms with Crippen molar-refractivity contribution >= 4 is 56.9 Å². The average Bonchev–Trinajstić information content (AvgIpc) is 3.86. The number of anilines is 1. The number of H-pyrrole nitrogens is 1. The van der Waals surface area contributed by atoms with Gasteiger partial charge in [-0.3, -0.25) is 29.1 Å². The second-order valence-corrected chi connectivity index (χ2v) is 23.4. The van der Waals surface area contributed by atoms with Gasteiger partial charge in [-0.05, 0) is 58.6 Å². The summed E-state index contributed by atoms with van der Waals surface area (Å²) in [4.78, 5) is 66.4. The fraction of sp³-hybridized carbons (Fsp3) is 0.627. The molecule has 0 saturated carbocycles. The van der Waals surface area contributed by atoms with Crippen molar-refractivity contribution < 1.29 is 79.3 Å². The van der Waals surface area contributed by atoms with Gasteiger partial charge in [0, 0.05) is 73.6 Å². The SMILES string of the molecule is [2H]OC(=O)C(C)(C)CCSSC(C)(C)CCC(=O)NC[C@H]1O[C@@H]2OCCCO[C@H]3[C@H](O)[C@@H](O)[C@@H](O[C@H]1[C@H](O)[C@H]2O)O[C@@H]3CNC(=O)CCOCCNC(=O)CCC(=O)N1Cc2ccccc2-c2c(nnn2[3H])-c2ccccc21. The smallest absolute Gasteiger partial charge is 0.309 e. The number of aliphatic hydroxyl groups is 4. The van der Waals surface area contributed by atoms with Crippen LogP contribution in [-0.2, 0) is 58.9 Å². The number of aromatic nitrogens is 3. The van der Waals surface area contributed by atoms with Crippen LogP contribution in [0, 0.1) is 5.41 Å². The largest absolute Gasteiger partial charge is 0.481 e. The highest BCUT2D eigenvalue weighted by Crippen LogP contribution is 2.42. The number of carboxylic acids is 1. The van der Waals surface area contributed by atoms with E-state index in [1.165, 1.54) is 0 Å². The van der Waals surface area contributed by atoms with E-state index in [-0.39, 0.29) is 107 Å². The molecule has 4 bridgehead atoms. The van der Waals surface area contributed by atoms with Crippen LogP contribution in [0.2, 0.25) is 1.41 Å². The van der Waals surface area contributed by atoms with Gasteiger partial charge in [-0.1, -0.05) is 69.3 Å². The second-order valence-electron chi connectivity index (χ2n) is 20.3. The van der Waals surface area contributed by atoms with E-state index in [9.17, 15) is 44.4 Å². The number of aliphatic hydroxyl groups excluding tert-OH is 4. The molecule has 7 aliphatic heterocycles. The van der Waals surface area contributed by atoms with Gasteiger partial charge in [0.2, 0.25) is 23.6 Å². The molecular weight excluding hydrogens is 1030 g/mol. The van der Waals surface area contributed by atoms with E-state index in [1.54, 1.807) is 52.5 Å². The maximum absolute atomic E-state index is 13.8. The number of aromatic amines is 1. The van der Waals surface area contributed by atoms with E-state index in [4.69, 9.17) is 31.3 Å². The van der Waals surface area contributed by atoms with Crippen molar-refractivity contribution in [1.82, 2.24) is 31.4 Å². The number of nitrogens with one attached hydrogen (secondary N) is 4. The lowest BCUT2D eigenvalue weighted by molar-refractivity contribution is -0.359. The van der Waals surface area contributed by atoms with Crippen molar-refractivity contribution in [1.29, 1.82) is 1.43 Å². The van der Waals surface area contributed by atoms with Gasteiger partial charge in [0.15, 0.2) is 14.0 Å². The van der Waals surface area contributed by atoms with Gasteiger partial charge in [0.1, 0.15) is 54.5 Å². The monoisotopic (exact) mass is 1100 g/mol. The Morgan fingerprint density at radius 3 is 2.22 bits per heavy atom. The first-order chi connectivity index (χ1) is 37.3. The summed E-state index contributed by atoms with van der Waals surface area (Å²) in [6, 6.07) is 14.7. The summed E-state index contributed by atoms with van der Waals surface area (Å²) in [5, 5.41) is 66.6. The Hall–Kier alpha value is -4.77. The number of para-hydroxylation sites is 1. The van der Waals surface area contributed by atoms with Gasteiger partial charge in [-0.2, -0.15) is 0 Å². The maximum atomic E-state index is 13.8. The van der Waals surface area contributed by atoms with E-state index in [0.29, 0.717) is 41.2 Å². The number of carbonyl (C=O) groups excluding carboxylic acids is 4. The zero-order chi connectivity index (χ0) is 56.1. The average molecular weight is 1110 g/mol. The molecule has 10 atom stereocenters. The molecule has 8 heterocycles. The minimum Gasteiger partial charge on any atom is -0.481 e. The highest BCUT2D eigenvalue weighted by Gasteiger charge is 2.52. The van der Waals surface area contributed by atoms with Crippen LogP contribution >= 0.6 is 21.6 Å². The molecule has 0 aliphatic carbocycles. The number of nitrogens with zero attached hydrogens (tertiary/aromatic N) is 3. The highest BCUT2D eigenvalue weighted by molar-refractivity contribution is 8.77. The Labute approximate surface area is 451 Å². The topological polar surface area (TPSA) is 323 Å². The molecule has 6 fully saturated rings. The number of hydrogen-bond donors (Lipinski definition) is 9. The summed E-state index contributed by atoms with van der Waals surface area (Å²) in [5.74, 6) is -1.43. The summed E-state index contributed by atoms with van der Waals surface area (Å²) in [5.41, 5.74) is 2.92. The quantitative estimate of drug-likeness (QED) is 0.0514. The molecule has 4 amide bonds. The third-order valence-electron chi connectivity index (χ3n) is 13.5. The molecule has 0 radical (unpaired) electrons. The normalized spacial score (nSPS) is 26.0. The van der Waals surface area contributed by atoms with E-state index in [0.717, 1.165) is 16.2 Å². The number of fused-ring (bicyclic) bond motifs is 5. The lowest BCUT2D eigenvalue weighted by Crippen LogP contribution is -2.66. The number of hydrogen-bond acceptors (Lipinski definition) is 20. The fourth-order valence-corrected chi connectivity index (χ4v) is 11.8. The molecule has 23 nitrogen and oxygen atoms in total. The first-order valence-electron chi connectivity index (χ1n) is 26.3. The summed E-state index contributed by atoms with van der Waals surface area (Å²) >= 11 is 0. The third kappa shape index (κ3) is 15.5. The van der Waals surface area contributed by atoms with Crippen LogP contribution in [0.1, 0.15) is 78.2 Å². The van der Waals surface area contributed by atoms with Crippen molar-refractivity contribution in [3.63, 3.8) is 0 Å². The molecule has 7 aliphatic rings. The number of carboxylic acid groups (broad SMARTS) is 1. The number of ether oxygens (including phenoxy) is 6. The number of carbonyl (C=O) groups is 5. The van der Waals surface area contributed by atoms with Crippen LogP contribution in [-0.4, -0.2) is 189 Å². The predicted octanol–water partition coefficient (Wildman–Crippen LogP) is 2.05. The zero-order valence-corrected chi connectivity index (χ0v) is 44.6. The van der Waals surface area contributed by atoms with Crippen LogP contribution in [0.3, 0.4) is 0 Å². The van der Waals surface area contributed by atoms with Gasteiger partial charge in [-0.15, -0.1) is 5.10 Å². The number of amides is 4. The molecule has 1 aromatic heterocycles. The standard InChI is InChI=1S/C51H71N7O16S2/c1-50(2,49(67)68)19-25-75-76-51(3,4)18-16-36(60)53-27-34-46-42(64)43(65)47(72-34)71-22-9-21-70-45-33(73-48(74-46)44(66)41(45)63)26-54-37(61)17-23-69-24-20-52-35(59)14-15-38(62)58-28-29-10-5-6-11-30(29)39-40(56-57-55-39)31-12-7-8-13-32(31)58/h5-8,10-13,33-34,41-48,63-66H,9,14-28H2,1-4H3,(H,52,59)(H,53,60)(H,54,61)(H,67,68)(H,55,56,57)/t33-,34-,41-,42-,43-,44-,45-,46-,47+,48-/m1/s1/i/hTD. The van der Waals surface area contributed by atoms with E-state index in [1.807, 2.05) is 50.2 Å². The van der Waals surface area contributed by atoms with Crippen LogP contribution in [0.15, 0.2) is 48.5 Å². The molecule has 9 N–H and O–H groups in total. The van der Waals surface area contributed by atoms with Gasteiger partial charge in [-0.25, -0.2) is 0 Å². The van der Waals surface area contributed by atoms with Crippen molar-refractivity contribution in [3.05, 3.63) is 54.1 Å². The zero-order valence-electron chi connectivity index (χ0n) is 45.0. The van der Waals surface area contributed by atoms with Gasteiger partial charge in [0.25, 0.3) is 1.43 Å². The van der Waals surface area contributed by atoms with Crippen molar-refractivity contribution in [2.75, 3.05) is 56.7 Å². The van der Waals surface area contributed by atoms with Crippen molar-refractivity contribution in [2.24, 2.45) is 5.41 Å². The Kier molecular flexibility index (Phi) is 20.0. The summed E-state index contributed by atoms with van der Waals surface area (Å²) in [7, 11) is 3.12. The summed E-state index contributed by atoms with van der Waals surface area (Å²) in [6.45, 7) is 7.36. The first kappa shape index (κ1) is 56.0. The second kappa shape index (κ2) is 27.2. The first-order valence-corrected chi connectivity index (χ1v) is 27.8. The third-order valence-corrected chi connectivity index (χ3v) is 16.9. The lowest BCUT2D eigenvalue weighted by Gasteiger charge is -2.47. The minimum atomic E-state index is -1.72. The Morgan fingerprint density at radius 1 is 0.789 bits per heavy atom. The molecule has 76 heavy (non-hydrogen) atoms. The molecule has 2 aromatic carbocycles. The van der Waals surface area contributed by atoms with Gasteiger partial charge in [0.05, 0.1) is 43.2 Å². The van der Waals surface area contributed by atoms with Gasteiger partial charge < -0.3 is 74.8 Å². The molecule has 0 unspecified atom stereocenters. The Morgan fingerprint density at radius 2 is 1.45 bits per heavy atom. The molecular formula is C51H71N7O16S2. The Bertz CT molecular complexity index is 2530. The molecule has 10 rings (SSSR count). The molecule has 6 saturated heterocycles. The van der Waals surface area contributed by atoms with E-state index >= 15 is 0 Å². The molecule has 418 valence electrons. The molecule has 25 heteroatoms. The number of rotatable bonds is 22. The number of benzene rings is 2. The Balaban J connectivity index is 0.848. The highest BCUT2D eigenvalue weighted by atomic mass is 33.1. The minimum absolute atomic E-state index is 0.00406. The van der Waals surface area contributed by atoms with Crippen LogP contribution in [0.25, 0.3) is 23.9 Å². The predicted molar refractivity (Wildman–Crippen MR) is 278 cm³/mol. The number of aliphatic carboxylic acids is 1. The molecule has 0 spiro atoms. The van der Waals surface area contributed by atoms with Crippen LogP contribution in [0.5, 0.6) is 0 Å².